The fourth-order valence-corrected chi connectivity index (χ4v) is 2.04. The summed E-state index contributed by atoms with van der Waals surface area (Å²) in [6.07, 6.45) is 1.10. The van der Waals surface area contributed by atoms with Crippen LogP contribution in [-0.2, 0) is 10.0 Å². The SMILES string of the molecule is CC(C)C1(F)CN(S(C)(=O)=O)C1. The van der Waals surface area contributed by atoms with Crippen LogP contribution in [0.2, 0.25) is 0 Å². The van der Waals surface area contributed by atoms with E-state index in [1.807, 2.05) is 0 Å². The Balaban J connectivity index is 2.59. The second-order valence-corrected chi connectivity index (χ2v) is 5.70. The number of sulfonamides is 1. The Bertz CT molecular complexity index is 267. The zero-order valence-electron chi connectivity index (χ0n) is 7.54. The fraction of sp³-hybridized carbons (Fsp3) is 1.00. The van der Waals surface area contributed by atoms with E-state index in [1.54, 1.807) is 13.8 Å². The molecule has 0 unspecified atom stereocenters. The van der Waals surface area contributed by atoms with Gasteiger partial charge in [0.15, 0.2) is 0 Å². The number of hydrogen-bond acceptors (Lipinski definition) is 2. The van der Waals surface area contributed by atoms with Crippen molar-refractivity contribution in [1.82, 2.24) is 4.31 Å². The average molecular weight is 195 g/mol. The van der Waals surface area contributed by atoms with Crippen molar-refractivity contribution in [3.05, 3.63) is 0 Å². The molecule has 0 aromatic heterocycles. The first-order valence-electron chi connectivity index (χ1n) is 3.90. The molecule has 1 fully saturated rings. The molecule has 3 nitrogen and oxygen atoms in total. The Hall–Kier alpha value is -0.160. The summed E-state index contributed by atoms with van der Waals surface area (Å²) in [5, 5.41) is 0. The van der Waals surface area contributed by atoms with Crippen LogP contribution in [-0.4, -0.2) is 37.7 Å². The molecule has 0 aliphatic carbocycles. The van der Waals surface area contributed by atoms with E-state index in [4.69, 9.17) is 0 Å². The molecule has 1 heterocycles. The van der Waals surface area contributed by atoms with Gasteiger partial charge in [-0.2, -0.15) is 4.31 Å². The Kier molecular flexibility index (Phi) is 2.21. The molecule has 1 aliphatic heterocycles. The quantitative estimate of drug-likeness (QED) is 0.648. The Labute approximate surface area is 72.6 Å². The molecular weight excluding hydrogens is 181 g/mol. The predicted octanol–water partition coefficient (Wildman–Crippen LogP) is 0.626. The van der Waals surface area contributed by atoms with Crippen LogP contribution in [0.15, 0.2) is 0 Å². The van der Waals surface area contributed by atoms with Crippen LogP contribution in [0.5, 0.6) is 0 Å². The van der Waals surface area contributed by atoms with E-state index in [2.05, 4.69) is 0 Å². The average Bonchev–Trinajstić information content (AvgIpc) is 1.77. The van der Waals surface area contributed by atoms with E-state index in [0.29, 0.717) is 0 Å². The van der Waals surface area contributed by atoms with E-state index >= 15 is 0 Å². The second-order valence-electron chi connectivity index (χ2n) is 3.72. The van der Waals surface area contributed by atoms with Gasteiger partial charge < -0.3 is 0 Å². The summed E-state index contributed by atoms with van der Waals surface area (Å²) in [5.41, 5.74) is -1.30. The molecule has 0 aromatic rings. The van der Waals surface area contributed by atoms with Crippen LogP contribution >= 0.6 is 0 Å². The molecular formula is C7H14FNO2S. The molecule has 0 atom stereocenters. The lowest BCUT2D eigenvalue weighted by atomic mass is 9.87. The summed E-state index contributed by atoms with van der Waals surface area (Å²) in [6, 6.07) is 0. The molecule has 5 heteroatoms. The first-order chi connectivity index (χ1) is 5.26. The number of halogens is 1. The van der Waals surface area contributed by atoms with Crippen molar-refractivity contribution in [3.63, 3.8) is 0 Å². The Morgan fingerprint density at radius 3 is 2.08 bits per heavy atom. The first kappa shape index (κ1) is 9.92. The van der Waals surface area contributed by atoms with Crippen molar-refractivity contribution in [3.8, 4) is 0 Å². The summed E-state index contributed by atoms with van der Waals surface area (Å²) in [6.45, 7) is 3.56. The molecule has 0 saturated carbocycles. The van der Waals surface area contributed by atoms with Gasteiger partial charge in [-0.25, -0.2) is 12.8 Å². The van der Waals surface area contributed by atoms with Gasteiger partial charge >= 0.3 is 0 Å². The van der Waals surface area contributed by atoms with Crippen LogP contribution in [0.25, 0.3) is 0 Å². The van der Waals surface area contributed by atoms with Gasteiger partial charge in [-0.05, 0) is 5.92 Å². The normalized spacial score (nSPS) is 24.1. The number of rotatable bonds is 2. The summed E-state index contributed by atoms with van der Waals surface area (Å²) in [4.78, 5) is 0. The van der Waals surface area contributed by atoms with E-state index in [-0.39, 0.29) is 19.0 Å². The highest BCUT2D eigenvalue weighted by atomic mass is 32.2. The maximum absolute atomic E-state index is 13.5. The molecule has 0 bridgehead atoms. The maximum atomic E-state index is 13.5. The molecule has 1 aliphatic rings. The zero-order chi connectivity index (χ0) is 9.57. The van der Waals surface area contributed by atoms with Crippen LogP contribution in [0.3, 0.4) is 0 Å². The van der Waals surface area contributed by atoms with Gasteiger partial charge in [0.2, 0.25) is 10.0 Å². The third-order valence-electron chi connectivity index (χ3n) is 2.38. The van der Waals surface area contributed by atoms with E-state index < -0.39 is 15.7 Å². The van der Waals surface area contributed by atoms with Gasteiger partial charge in [-0.1, -0.05) is 13.8 Å². The zero-order valence-corrected chi connectivity index (χ0v) is 8.36. The largest absolute Gasteiger partial charge is 0.241 e. The van der Waals surface area contributed by atoms with Crippen LogP contribution < -0.4 is 0 Å². The second kappa shape index (κ2) is 2.67. The number of alkyl halides is 1. The first-order valence-corrected chi connectivity index (χ1v) is 5.74. The van der Waals surface area contributed by atoms with Crippen LogP contribution in [0.4, 0.5) is 4.39 Å². The Morgan fingerprint density at radius 2 is 1.83 bits per heavy atom. The molecule has 1 saturated heterocycles. The van der Waals surface area contributed by atoms with E-state index in [9.17, 15) is 12.8 Å². The van der Waals surface area contributed by atoms with Gasteiger partial charge in [0.05, 0.1) is 6.26 Å². The lowest BCUT2D eigenvalue weighted by Gasteiger charge is -2.45. The number of nitrogens with zero attached hydrogens (tertiary/aromatic N) is 1. The monoisotopic (exact) mass is 195 g/mol. The smallest absolute Gasteiger partial charge is 0.211 e. The van der Waals surface area contributed by atoms with Crippen molar-refractivity contribution in [2.75, 3.05) is 19.3 Å². The van der Waals surface area contributed by atoms with E-state index in [1.165, 1.54) is 0 Å². The summed E-state index contributed by atoms with van der Waals surface area (Å²) in [7, 11) is -3.18. The molecule has 0 spiro atoms. The molecule has 1 rings (SSSR count). The summed E-state index contributed by atoms with van der Waals surface area (Å²) < 4.78 is 36.4. The predicted molar refractivity (Wildman–Crippen MR) is 45.1 cm³/mol. The summed E-state index contributed by atoms with van der Waals surface area (Å²) in [5.74, 6) is -0.115. The number of hydrogen-bond donors (Lipinski definition) is 0. The minimum absolute atomic E-state index is 0.0174. The maximum Gasteiger partial charge on any atom is 0.211 e. The third kappa shape index (κ3) is 1.61. The van der Waals surface area contributed by atoms with Gasteiger partial charge in [0.1, 0.15) is 5.67 Å². The highest BCUT2D eigenvalue weighted by Gasteiger charge is 2.49. The molecule has 72 valence electrons. The van der Waals surface area contributed by atoms with Crippen molar-refractivity contribution in [2.24, 2.45) is 5.92 Å². The van der Waals surface area contributed by atoms with Gasteiger partial charge in [0, 0.05) is 13.1 Å². The third-order valence-corrected chi connectivity index (χ3v) is 3.58. The molecule has 0 amide bonds. The van der Waals surface area contributed by atoms with Crippen molar-refractivity contribution >= 4 is 10.0 Å². The Morgan fingerprint density at radius 1 is 1.42 bits per heavy atom. The van der Waals surface area contributed by atoms with Crippen LogP contribution in [0.1, 0.15) is 13.8 Å². The minimum Gasteiger partial charge on any atom is -0.241 e. The highest BCUT2D eigenvalue weighted by Crippen LogP contribution is 2.33. The standard InChI is InChI=1S/C7H14FNO2S/c1-6(2)7(8)4-9(5-7)12(3,10)11/h6H,4-5H2,1-3H3. The van der Waals surface area contributed by atoms with Crippen LogP contribution in [0, 0.1) is 5.92 Å². The molecule has 0 aromatic carbocycles. The van der Waals surface area contributed by atoms with E-state index in [0.717, 1.165) is 10.6 Å². The van der Waals surface area contributed by atoms with Gasteiger partial charge in [-0.3, -0.25) is 0 Å². The van der Waals surface area contributed by atoms with Crippen molar-refractivity contribution < 1.29 is 12.8 Å². The molecule has 0 N–H and O–H groups in total. The van der Waals surface area contributed by atoms with Crippen molar-refractivity contribution in [2.45, 2.75) is 19.5 Å². The lowest BCUT2D eigenvalue weighted by molar-refractivity contribution is -0.0183. The summed E-state index contributed by atoms with van der Waals surface area (Å²) >= 11 is 0. The highest BCUT2D eigenvalue weighted by molar-refractivity contribution is 7.88. The van der Waals surface area contributed by atoms with Gasteiger partial charge in [0.25, 0.3) is 0 Å². The minimum atomic E-state index is -3.18. The lowest BCUT2D eigenvalue weighted by Crippen LogP contribution is -2.62. The van der Waals surface area contributed by atoms with Crippen molar-refractivity contribution in [1.29, 1.82) is 0 Å². The van der Waals surface area contributed by atoms with Gasteiger partial charge in [-0.15, -0.1) is 0 Å². The fourth-order valence-electron chi connectivity index (χ4n) is 1.14. The topological polar surface area (TPSA) is 37.4 Å². The molecule has 0 radical (unpaired) electrons. The molecule has 12 heavy (non-hydrogen) atoms.